The molecule has 4 N–H and O–H groups in total. The van der Waals surface area contributed by atoms with Crippen LogP contribution in [0, 0.1) is 0 Å². The summed E-state index contributed by atoms with van der Waals surface area (Å²) < 4.78 is 80.7. The lowest BCUT2D eigenvalue weighted by molar-refractivity contribution is -0.192. The molecule has 1 aliphatic heterocycles. The van der Waals surface area contributed by atoms with E-state index in [2.05, 4.69) is 10.1 Å². The fourth-order valence-electron chi connectivity index (χ4n) is 3.55. The molecule has 0 amide bonds. The van der Waals surface area contributed by atoms with E-state index in [1.54, 1.807) is 32.0 Å². The number of hydrogen-bond donors (Lipinski definition) is 3. The number of nitrogens with two attached hydrogens (primary N) is 1. The molecule has 1 saturated heterocycles. The highest BCUT2D eigenvalue weighted by molar-refractivity contribution is 8.09. The molecule has 3 rings (SSSR count). The molecule has 0 saturated carbocycles. The maximum Gasteiger partial charge on any atom is 0.351 e. The van der Waals surface area contributed by atoms with Crippen LogP contribution in [0.1, 0.15) is 27.0 Å². The van der Waals surface area contributed by atoms with Crippen molar-refractivity contribution in [3.8, 4) is 5.75 Å². The van der Waals surface area contributed by atoms with E-state index in [0.29, 0.717) is 6.20 Å². The van der Waals surface area contributed by atoms with Crippen molar-refractivity contribution in [1.82, 2.24) is 14.6 Å². The van der Waals surface area contributed by atoms with Gasteiger partial charge in [0.2, 0.25) is 6.23 Å². The molecule has 0 radical (unpaired) electrons. The number of hydrogen-bond acceptors (Lipinski definition) is 10. The van der Waals surface area contributed by atoms with Crippen LogP contribution in [0.15, 0.2) is 41.3 Å². The molecule has 5 unspecified atom stereocenters. The van der Waals surface area contributed by atoms with Crippen LogP contribution in [0.2, 0.25) is 5.02 Å². The molecular formula is C22H26ClF4N4O7PS. The Labute approximate surface area is 235 Å². The van der Waals surface area contributed by atoms with Crippen LogP contribution >= 0.6 is 18.2 Å². The lowest BCUT2D eigenvalue weighted by atomic mass is 9.96. The highest BCUT2D eigenvalue weighted by atomic mass is 35.5. The van der Waals surface area contributed by atoms with Crippen LogP contribution < -0.4 is 21.0 Å². The van der Waals surface area contributed by atoms with Crippen molar-refractivity contribution in [2.45, 2.75) is 63.2 Å². The Bertz CT molecular complexity index is 1330. The van der Waals surface area contributed by atoms with Gasteiger partial charge in [0.05, 0.1) is 17.7 Å². The van der Waals surface area contributed by atoms with Gasteiger partial charge in [-0.1, -0.05) is 29.8 Å². The van der Waals surface area contributed by atoms with Crippen molar-refractivity contribution in [2.24, 2.45) is 0 Å². The minimum atomic E-state index is -4.48. The number of alkyl halides is 4. The summed E-state index contributed by atoms with van der Waals surface area (Å²) in [6.45, 7) is -0.952. The lowest BCUT2D eigenvalue weighted by Crippen LogP contribution is -2.54. The number of nitrogens with zero attached hydrogens (tertiary/aromatic N) is 2. The van der Waals surface area contributed by atoms with Gasteiger partial charge in [0.1, 0.15) is 17.6 Å². The zero-order chi connectivity index (χ0) is 30.0. The van der Waals surface area contributed by atoms with E-state index in [9.17, 15) is 23.5 Å². The fraction of sp³-hybridized carbons (Fsp3) is 0.500. The van der Waals surface area contributed by atoms with Crippen LogP contribution in [-0.2, 0) is 30.6 Å². The normalized spacial score (nSPS) is 24.6. The number of benzene rings is 1. The van der Waals surface area contributed by atoms with Crippen molar-refractivity contribution >= 4 is 41.8 Å². The quantitative estimate of drug-likeness (QED) is 0.191. The summed E-state index contributed by atoms with van der Waals surface area (Å²) in [7, 11) is 0. The van der Waals surface area contributed by atoms with Gasteiger partial charge in [-0.3, -0.25) is 9.36 Å². The maximum atomic E-state index is 15.2. The number of anilines is 1. The van der Waals surface area contributed by atoms with Gasteiger partial charge in [0, 0.05) is 6.20 Å². The largest absolute Gasteiger partial charge is 0.462 e. The second kappa shape index (κ2) is 12.3. The Hall–Kier alpha value is -2.33. The third-order valence-corrected chi connectivity index (χ3v) is 8.30. The predicted molar refractivity (Wildman–Crippen MR) is 139 cm³/mol. The summed E-state index contributed by atoms with van der Waals surface area (Å²) in [4.78, 5) is 27.9. The minimum Gasteiger partial charge on any atom is -0.462 e. The van der Waals surface area contributed by atoms with Gasteiger partial charge in [0.15, 0.2) is 11.7 Å². The minimum absolute atomic E-state index is 0.0964. The number of nitrogens with one attached hydrogen (secondary N) is 1. The molecule has 2 aromatic rings. The highest BCUT2D eigenvalue weighted by Crippen LogP contribution is 2.53. The van der Waals surface area contributed by atoms with Gasteiger partial charge in [0.25, 0.3) is 6.43 Å². The average molecular weight is 633 g/mol. The summed E-state index contributed by atoms with van der Waals surface area (Å²) in [5, 5.41) is 12.6. The van der Waals surface area contributed by atoms with Crippen LogP contribution in [0.3, 0.4) is 0 Å². The molecule has 40 heavy (non-hydrogen) atoms. The molecule has 0 spiro atoms. The Kier molecular flexibility index (Phi) is 9.87. The first-order chi connectivity index (χ1) is 18.5. The number of rotatable bonds is 11. The molecule has 11 nitrogen and oxygen atoms in total. The van der Waals surface area contributed by atoms with E-state index in [1.807, 2.05) is 0 Å². The van der Waals surface area contributed by atoms with E-state index in [4.69, 9.17) is 47.7 Å². The molecular weight excluding hydrogens is 607 g/mol. The summed E-state index contributed by atoms with van der Waals surface area (Å²) >= 11 is 11.2. The second-order valence-electron chi connectivity index (χ2n) is 8.98. The van der Waals surface area contributed by atoms with Crippen molar-refractivity contribution in [2.75, 3.05) is 12.3 Å². The van der Waals surface area contributed by atoms with E-state index in [1.165, 1.54) is 19.1 Å². The van der Waals surface area contributed by atoms with E-state index >= 15 is 8.78 Å². The van der Waals surface area contributed by atoms with Crippen LogP contribution in [0.4, 0.5) is 23.4 Å². The van der Waals surface area contributed by atoms with Crippen LogP contribution in [0.25, 0.3) is 0 Å². The molecule has 18 heteroatoms. The zero-order valence-corrected chi connectivity index (χ0v) is 23.6. The highest BCUT2D eigenvalue weighted by Gasteiger charge is 2.71. The van der Waals surface area contributed by atoms with Gasteiger partial charge < -0.3 is 29.4 Å². The third kappa shape index (κ3) is 6.75. The zero-order valence-electron chi connectivity index (χ0n) is 21.2. The Balaban J connectivity index is 1.97. The number of halogens is 5. The van der Waals surface area contributed by atoms with Crippen molar-refractivity contribution in [3.63, 3.8) is 0 Å². The Morgan fingerprint density at radius 1 is 1.32 bits per heavy atom. The smallest absolute Gasteiger partial charge is 0.351 e. The third-order valence-electron chi connectivity index (χ3n) is 5.53. The van der Waals surface area contributed by atoms with Gasteiger partial charge >= 0.3 is 24.2 Å². The number of aliphatic hydroxyl groups excluding tert-OH is 1. The van der Waals surface area contributed by atoms with Gasteiger partial charge in [-0.05, 0) is 44.7 Å². The molecule has 222 valence electrons. The maximum absolute atomic E-state index is 15.2. The van der Waals surface area contributed by atoms with Gasteiger partial charge in [-0.2, -0.15) is 13.8 Å². The molecule has 1 aromatic heterocycles. The van der Waals surface area contributed by atoms with Gasteiger partial charge in [-0.25, -0.2) is 18.7 Å². The molecule has 1 aliphatic rings. The fourth-order valence-corrected chi connectivity index (χ4v) is 6.12. The van der Waals surface area contributed by atoms with Gasteiger partial charge in [-0.15, -0.1) is 0 Å². The lowest BCUT2D eigenvalue weighted by Gasteiger charge is -2.34. The van der Waals surface area contributed by atoms with E-state index in [0.717, 1.165) is 0 Å². The molecule has 0 aliphatic carbocycles. The second-order valence-corrected chi connectivity index (χ2v) is 12.5. The van der Waals surface area contributed by atoms with E-state index < -0.39 is 78.2 Å². The number of para-hydroxylation sites is 1. The Morgan fingerprint density at radius 3 is 2.52 bits per heavy atom. The number of esters is 1. The van der Waals surface area contributed by atoms with Crippen LogP contribution in [0.5, 0.6) is 5.75 Å². The molecule has 1 aromatic carbocycles. The van der Waals surface area contributed by atoms with Crippen molar-refractivity contribution in [3.05, 3.63) is 52.0 Å². The molecule has 1 fully saturated rings. The van der Waals surface area contributed by atoms with Crippen molar-refractivity contribution in [1.29, 1.82) is 0 Å². The number of nitrogen functional groups attached to an aromatic ring is 1. The summed E-state index contributed by atoms with van der Waals surface area (Å²) in [6.07, 6.45) is -9.68. The summed E-state index contributed by atoms with van der Waals surface area (Å²) in [5.74, 6) is -5.67. The number of carbonyl (C=O) groups is 1. The average Bonchev–Trinajstić information content (AvgIpc) is 3.06. The number of aromatic nitrogens is 2. The number of aliphatic hydroxyl groups is 1. The number of carbonyl (C=O) groups excluding carboxylic acids is 1. The van der Waals surface area contributed by atoms with Crippen molar-refractivity contribution < 1.29 is 46.0 Å². The molecule has 5 atom stereocenters. The summed E-state index contributed by atoms with van der Waals surface area (Å²) in [6, 6.07) is 6.46. The standard InChI is InChI=1S/C22H26ClF4N4O7PS/c1-11(2)36-16(32)12(3)30-39(40,38-13-7-5-4-6-8-13)35-10-21(18(24)25)17(33)22(26,27)19(37-21)31-9-14(23)15(28)29-20(31)34/h4-9,11-12,17-19,33H,10H2,1-3H3,(H,30,40)(H2,28,29,34). The number of ether oxygens (including phenoxy) is 2. The first-order valence-corrected chi connectivity index (χ1v) is 14.6. The van der Waals surface area contributed by atoms with Crippen LogP contribution in [-0.4, -0.2) is 63.4 Å². The monoisotopic (exact) mass is 632 g/mol. The first-order valence-electron chi connectivity index (χ1n) is 11.6. The topological polar surface area (TPSA) is 147 Å². The molecule has 0 bridgehead atoms. The van der Waals surface area contributed by atoms with E-state index in [-0.39, 0.29) is 10.3 Å². The first kappa shape index (κ1) is 32.2. The molecule has 2 heterocycles. The predicted octanol–water partition coefficient (Wildman–Crippen LogP) is 3.26. The summed E-state index contributed by atoms with van der Waals surface area (Å²) in [5.41, 5.74) is 0.572. The Morgan fingerprint density at radius 2 is 1.95 bits per heavy atom. The SMILES string of the molecule is CC(C)OC(=O)C(C)NP(=S)(OCC1(C(F)F)OC(n2cc(Cl)c(N)nc2=O)C(F)(F)C1O)Oc1ccccc1.